The largest absolute Gasteiger partial charge is 0.491 e. The number of rotatable bonds is 22. The van der Waals surface area contributed by atoms with E-state index in [-0.39, 0.29) is 12.4 Å². The van der Waals surface area contributed by atoms with Crippen LogP contribution in [0.25, 0.3) is 0 Å². The van der Waals surface area contributed by atoms with Crippen LogP contribution in [0.1, 0.15) is 117 Å². The fourth-order valence-corrected chi connectivity index (χ4v) is 5.09. The van der Waals surface area contributed by atoms with Crippen LogP contribution >= 0.6 is 0 Å². The van der Waals surface area contributed by atoms with Crippen LogP contribution in [-0.4, -0.2) is 26.9 Å². The van der Waals surface area contributed by atoms with E-state index >= 15 is 0 Å². The van der Waals surface area contributed by atoms with Crippen molar-refractivity contribution >= 4 is 10.1 Å². The minimum atomic E-state index is -3.48. The van der Waals surface area contributed by atoms with Gasteiger partial charge in [0.15, 0.2) is 0 Å². The Hall–Kier alpha value is -1.07. The predicted molar refractivity (Wildman–Crippen MR) is 136 cm³/mol. The molecule has 1 aromatic carbocycles. The molecule has 0 bridgehead atoms. The van der Waals surface area contributed by atoms with Gasteiger partial charge in [-0.05, 0) is 25.5 Å². The molecule has 0 heterocycles. The molecule has 0 amide bonds. The molecule has 4 nitrogen and oxygen atoms in total. The molecular formula is C27H48O4S. The quantitative estimate of drug-likeness (QED) is 0.127. The third kappa shape index (κ3) is 17.5. The molecule has 5 heteroatoms. The lowest BCUT2D eigenvalue weighted by atomic mass is 10.0. The van der Waals surface area contributed by atoms with Gasteiger partial charge in [0.25, 0.3) is 10.1 Å². The molecule has 0 spiro atoms. The third-order valence-electron chi connectivity index (χ3n) is 5.79. The molecule has 0 aliphatic carbocycles. The van der Waals surface area contributed by atoms with Gasteiger partial charge in [-0.3, -0.25) is 4.18 Å². The molecule has 0 N–H and O–H groups in total. The van der Waals surface area contributed by atoms with Crippen molar-refractivity contribution in [2.75, 3.05) is 12.4 Å². The normalized spacial score (nSPS) is 12.7. The van der Waals surface area contributed by atoms with Gasteiger partial charge in [-0.25, -0.2) is 0 Å². The van der Waals surface area contributed by atoms with E-state index in [1.165, 1.54) is 83.5 Å². The van der Waals surface area contributed by atoms with E-state index in [4.69, 9.17) is 8.92 Å². The Balaban J connectivity index is 1.89. The first kappa shape index (κ1) is 29.0. The highest BCUT2D eigenvalue weighted by molar-refractivity contribution is 7.86. The number of ether oxygens (including phenoxy) is 1. The maximum atomic E-state index is 12.1. The maximum absolute atomic E-state index is 12.1. The second kappa shape index (κ2) is 19.4. The highest BCUT2D eigenvalue weighted by Gasteiger charge is 2.16. The summed E-state index contributed by atoms with van der Waals surface area (Å²) in [5.41, 5.74) is 0. The summed E-state index contributed by atoms with van der Waals surface area (Å²) in [5, 5.41) is 0. The molecule has 0 saturated carbocycles. The zero-order valence-electron chi connectivity index (χ0n) is 20.7. The Morgan fingerprint density at radius 3 is 1.59 bits per heavy atom. The molecule has 1 rings (SSSR count). The third-order valence-corrected chi connectivity index (χ3v) is 7.20. The summed E-state index contributed by atoms with van der Waals surface area (Å²) in [7, 11) is -3.48. The van der Waals surface area contributed by atoms with Crippen LogP contribution in [-0.2, 0) is 14.3 Å². The van der Waals surface area contributed by atoms with Crippen molar-refractivity contribution in [2.24, 2.45) is 0 Å². The standard InChI is InChI=1S/C27H48O4S/c1-3-4-5-6-7-8-9-10-11-12-13-14-15-16-17-21-24-32(28,29)31-26(2)25-30-27-22-19-18-20-23-27/h18-20,22-23,26H,3-17,21,24-25H2,1-2H3. The molecule has 1 aromatic rings. The van der Waals surface area contributed by atoms with Crippen LogP contribution in [0.15, 0.2) is 30.3 Å². The molecule has 0 fully saturated rings. The fourth-order valence-electron chi connectivity index (χ4n) is 3.88. The molecular weight excluding hydrogens is 420 g/mol. The van der Waals surface area contributed by atoms with E-state index in [0.29, 0.717) is 6.42 Å². The molecule has 1 atom stereocenters. The van der Waals surface area contributed by atoms with Crippen LogP contribution < -0.4 is 4.74 Å². The SMILES string of the molecule is CCCCCCCCCCCCCCCCCCS(=O)(=O)OC(C)COc1ccccc1. The lowest BCUT2D eigenvalue weighted by Crippen LogP contribution is -2.23. The van der Waals surface area contributed by atoms with Gasteiger partial charge in [0, 0.05) is 0 Å². The predicted octanol–water partition coefficient (Wildman–Crippen LogP) is 8.06. The summed E-state index contributed by atoms with van der Waals surface area (Å²) in [4.78, 5) is 0. The van der Waals surface area contributed by atoms with Crippen LogP contribution in [0.2, 0.25) is 0 Å². The van der Waals surface area contributed by atoms with Gasteiger partial charge in [0.2, 0.25) is 0 Å². The van der Waals surface area contributed by atoms with Gasteiger partial charge in [-0.15, -0.1) is 0 Å². The first-order valence-electron chi connectivity index (χ1n) is 13.1. The Labute approximate surface area is 198 Å². The topological polar surface area (TPSA) is 52.6 Å². The fraction of sp³-hybridized carbons (Fsp3) is 0.778. The highest BCUT2D eigenvalue weighted by Crippen LogP contribution is 2.15. The van der Waals surface area contributed by atoms with E-state index in [1.54, 1.807) is 6.92 Å². The van der Waals surface area contributed by atoms with E-state index in [0.717, 1.165) is 18.6 Å². The summed E-state index contributed by atoms with van der Waals surface area (Å²) in [6.45, 7) is 4.22. The molecule has 0 aliphatic heterocycles. The van der Waals surface area contributed by atoms with Crippen molar-refractivity contribution in [1.82, 2.24) is 0 Å². The average molecular weight is 469 g/mol. The second-order valence-corrected chi connectivity index (χ2v) is 10.8. The summed E-state index contributed by atoms with van der Waals surface area (Å²) >= 11 is 0. The first-order valence-corrected chi connectivity index (χ1v) is 14.7. The number of hydrogen-bond acceptors (Lipinski definition) is 4. The van der Waals surface area contributed by atoms with E-state index in [2.05, 4.69) is 6.92 Å². The minimum absolute atomic E-state index is 0.0983. The summed E-state index contributed by atoms with van der Waals surface area (Å²) in [5.74, 6) is 0.819. The number of benzene rings is 1. The zero-order valence-corrected chi connectivity index (χ0v) is 21.5. The summed E-state index contributed by atoms with van der Waals surface area (Å²) in [6, 6.07) is 9.37. The van der Waals surface area contributed by atoms with Crippen LogP contribution in [0.4, 0.5) is 0 Å². The Morgan fingerprint density at radius 2 is 1.12 bits per heavy atom. The second-order valence-electron chi connectivity index (χ2n) is 9.10. The highest BCUT2D eigenvalue weighted by atomic mass is 32.2. The molecule has 186 valence electrons. The van der Waals surface area contributed by atoms with Crippen LogP contribution in [0.3, 0.4) is 0 Å². The molecule has 32 heavy (non-hydrogen) atoms. The van der Waals surface area contributed by atoms with Crippen molar-refractivity contribution in [1.29, 1.82) is 0 Å². The van der Waals surface area contributed by atoms with Gasteiger partial charge in [-0.1, -0.05) is 121 Å². The van der Waals surface area contributed by atoms with E-state index in [1.807, 2.05) is 30.3 Å². The van der Waals surface area contributed by atoms with Crippen molar-refractivity contribution < 1.29 is 17.3 Å². The molecule has 1 unspecified atom stereocenters. The monoisotopic (exact) mass is 468 g/mol. The smallest absolute Gasteiger partial charge is 0.267 e. The van der Waals surface area contributed by atoms with Crippen LogP contribution in [0, 0.1) is 0 Å². The van der Waals surface area contributed by atoms with Crippen molar-refractivity contribution in [3.05, 3.63) is 30.3 Å². The number of para-hydroxylation sites is 1. The van der Waals surface area contributed by atoms with Gasteiger partial charge >= 0.3 is 0 Å². The van der Waals surface area contributed by atoms with Gasteiger partial charge < -0.3 is 4.74 Å². The van der Waals surface area contributed by atoms with Gasteiger partial charge in [0.1, 0.15) is 18.5 Å². The lowest BCUT2D eigenvalue weighted by Gasteiger charge is -2.14. The first-order chi connectivity index (χ1) is 15.5. The average Bonchev–Trinajstić information content (AvgIpc) is 2.78. The molecule has 0 aliphatic rings. The summed E-state index contributed by atoms with van der Waals surface area (Å²) in [6.07, 6.45) is 20.0. The zero-order chi connectivity index (χ0) is 23.3. The number of hydrogen-bond donors (Lipinski definition) is 0. The van der Waals surface area contributed by atoms with E-state index < -0.39 is 16.2 Å². The summed E-state index contributed by atoms with van der Waals surface area (Å²) < 4.78 is 35.0. The van der Waals surface area contributed by atoms with Crippen molar-refractivity contribution in [3.8, 4) is 5.75 Å². The van der Waals surface area contributed by atoms with Crippen LogP contribution in [0.5, 0.6) is 5.75 Å². The molecule has 0 aromatic heterocycles. The Bertz CT molecular complexity index is 630. The van der Waals surface area contributed by atoms with Crippen molar-refractivity contribution in [2.45, 2.75) is 123 Å². The van der Waals surface area contributed by atoms with Gasteiger partial charge in [-0.2, -0.15) is 8.42 Å². The minimum Gasteiger partial charge on any atom is -0.491 e. The Kier molecular flexibility index (Phi) is 17.6. The van der Waals surface area contributed by atoms with E-state index in [9.17, 15) is 8.42 Å². The molecule has 0 saturated heterocycles. The maximum Gasteiger partial charge on any atom is 0.267 e. The van der Waals surface area contributed by atoms with Gasteiger partial charge in [0.05, 0.1) is 5.75 Å². The Morgan fingerprint density at radius 1 is 0.688 bits per heavy atom. The lowest BCUT2D eigenvalue weighted by molar-refractivity contribution is 0.149. The van der Waals surface area contributed by atoms with Crippen molar-refractivity contribution in [3.63, 3.8) is 0 Å². The molecule has 0 radical (unpaired) electrons. The number of unbranched alkanes of at least 4 members (excludes halogenated alkanes) is 15.